The van der Waals surface area contributed by atoms with Gasteiger partial charge in [-0.25, -0.2) is 13.8 Å². The summed E-state index contributed by atoms with van der Waals surface area (Å²) < 4.78 is 27.8. The minimum Gasteiger partial charge on any atom is -0.371 e. The number of hydrogen-bond donors (Lipinski definition) is 2. The number of benzene rings is 1. The first-order valence-electron chi connectivity index (χ1n) is 5.59. The maximum absolute atomic E-state index is 13.7. The molecule has 0 saturated carbocycles. The smallest absolute Gasteiger partial charge is 0.169 e. The molecule has 100 valence electrons. The number of halogens is 3. The lowest BCUT2D eigenvalue weighted by Gasteiger charge is -2.12. The number of nitrogens with zero attached hydrogens (tertiary/aromatic N) is 1. The predicted octanol–water partition coefficient (Wildman–Crippen LogP) is 4.22. The van der Waals surface area contributed by atoms with Gasteiger partial charge in [-0.1, -0.05) is 12.1 Å². The molecule has 0 aliphatic rings. The summed E-state index contributed by atoms with van der Waals surface area (Å²) in [6.45, 7) is 1.92. The Morgan fingerprint density at radius 1 is 1.16 bits per heavy atom. The highest BCUT2D eigenvalue weighted by atomic mass is 79.9. The summed E-state index contributed by atoms with van der Waals surface area (Å²) in [5.74, 6) is -1.51. The molecule has 2 aromatic rings. The Labute approximate surface area is 118 Å². The topological polar surface area (TPSA) is 37.0 Å². The van der Waals surface area contributed by atoms with E-state index in [0.29, 0.717) is 5.69 Å². The number of aryl methyl sites for hydroxylation is 1. The summed E-state index contributed by atoms with van der Waals surface area (Å²) in [5.41, 5.74) is 1.67. The summed E-state index contributed by atoms with van der Waals surface area (Å²) in [6, 6.07) is 6.33. The summed E-state index contributed by atoms with van der Waals surface area (Å²) >= 11 is 3.41. The van der Waals surface area contributed by atoms with Crippen molar-refractivity contribution in [3.63, 3.8) is 0 Å². The number of aromatic nitrogens is 1. The Kier molecular flexibility index (Phi) is 3.99. The molecule has 3 nitrogen and oxygen atoms in total. The monoisotopic (exact) mass is 327 g/mol. The minimum atomic E-state index is -0.745. The molecule has 0 atom stereocenters. The zero-order valence-electron chi connectivity index (χ0n) is 10.4. The van der Waals surface area contributed by atoms with Crippen LogP contribution in [-0.4, -0.2) is 12.0 Å². The normalized spacial score (nSPS) is 10.4. The van der Waals surface area contributed by atoms with Crippen LogP contribution < -0.4 is 10.6 Å². The Bertz CT molecular complexity index is 617. The van der Waals surface area contributed by atoms with Gasteiger partial charge in [-0.15, -0.1) is 0 Å². The highest BCUT2D eigenvalue weighted by Crippen LogP contribution is 2.29. The Morgan fingerprint density at radius 3 is 2.53 bits per heavy atom. The fourth-order valence-electron chi connectivity index (χ4n) is 1.60. The van der Waals surface area contributed by atoms with Crippen LogP contribution >= 0.6 is 15.9 Å². The first kappa shape index (κ1) is 13.7. The molecule has 0 aliphatic heterocycles. The van der Waals surface area contributed by atoms with Gasteiger partial charge in [-0.05, 0) is 34.5 Å². The number of anilines is 3. The molecule has 1 aromatic carbocycles. The van der Waals surface area contributed by atoms with Crippen molar-refractivity contribution in [1.29, 1.82) is 0 Å². The maximum Gasteiger partial charge on any atom is 0.169 e. The van der Waals surface area contributed by atoms with E-state index in [9.17, 15) is 8.78 Å². The van der Waals surface area contributed by atoms with Crippen molar-refractivity contribution in [1.82, 2.24) is 4.98 Å². The average molecular weight is 328 g/mol. The molecule has 0 bridgehead atoms. The summed E-state index contributed by atoms with van der Waals surface area (Å²) in [6.07, 6.45) is 0. The van der Waals surface area contributed by atoms with E-state index < -0.39 is 11.6 Å². The second kappa shape index (κ2) is 5.52. The average Bonchev–Trinajstić information content (AvgIpc) is 2.38. The van der Waals surface area contributed by atoms with Crippen molar-refractivity contribution in [2.24, 2.45) is 0 Å². The summed E-state index contributed by atoms with van der Waals surface area (Å²) in [5, 5.41) is 5.41. The molecule has 0 spiro atoms. The molecule has 0 aliphatic carbocycles. The van der Waals surface area contributed by atoms with E-state index in [1.165, 1.54) is 7.05 Å². The van der Waals surface area contributed by atoms with Crippen LogP contribution in [0.4, 0.5) is 26.1 Å². The van der Waals surface area contributed by atoms with Crippen molar-refractivity contribution in [3.05, 3.63) is 45.9 Å². The minimum absolute atomic E-state index is 0.00678. The quantitative estimate of drug-likeness (QED) is 0.886. The fraction of sp³-hybridized carbons (Fsp3) is 0.154. The van der Waals surface area contributed by atoms with Crippen LogP contribution in [0.3, 0.4) is 0 Å². The number of hydrogen-bond acceptors (Lipinski definition) is 3. The lowest BCUT2D eigenvalue weighted by atomic mass is 10.2. The SMILES string of the molecule is CNc1nc(Nc2cccc(C)c2Br)c(F)cc1F. The zero-order chi connectivity index (χ0) is 14.0. The van der Waals surface area contributed by atoms with Crippen LogP contribution in [0.1, 0.15) is 5.56 Å². The second-order valence-electron chi connectivity index (χ2n) is 3.96. The molecule has 0 fully saturated rings. The van der Waals surface area contributed by atoms with Crippen LogP contribution in [-0.2, 0) is 0 Å². The zero-order valence-corrected chi connectivity index (χ0v) is 12.0. The molecule has 19 heavy (non-hydrogen) atoms. The molecule has 0 amide bonds. The van der Waals surface area contributed by atoms with Gasteiger partial charge < -0.3 is 10.6 Å². The van der Waals surface area contributed by atoms with Crippen molar-refractivity contribution < 1.29 is 8.78 Å². The van der Waals surface area contributed by atoms with E-state index in [2.05, 4.69) is 31.5 Å². The standard InChI is InChI=1S/C13H12BrF2N3/c1-7-4-3-5-10(11(7)14)18-13-9(16)6-8(15)12(17-2)19-13/h3-6H,1-2H3,(H2,17,18,19). The molecule has 0 saturated heterocycles. The van der Waals surface area contributed by atoms with E-state index in [-0.39, 0.29) is 11.6 Å². The van der Waals surface area contributed by atoms with E-state index in [0.717, 1.165) is 16.1 Å². The van der Waals surface area contributed by atoms with Crippen LogP contribution in [0, 0.1) is 18.6 Å². The number of pyridine rings is 1. The maximum atomic E-state index is 13.7. The van der Waals surface area contributed by atoms with Gasteiger partial charge in [0.1, 0.15) is 0 Å². The first-order valence-corrected chi connectivity index (χ1v) is 6.38. The van der Waals surface area contributed by atoms with Crippen LogP contribution in [0.5, 0.6) is 0 Å². The lowest BCUT2D eigenvalue weighted by Crippen LogP contribution is -2.04. The van der Waals surface area contributed by atoms with Gasteiger partial charge in [-0.2, -0.15) is 0 Å². The molecule has 1 aromatic heterocycles. The molecule has 6 heteroatoms. The van der Waals surface area contributed by atoms with Crippen LogP contribution in [0.15, 0.2) is 28.7 Å². The van der Waals surface area contributed by atoms with E-state index in [1.54, 1.807) is 6.07 Å². The van der Waals surface area contributed by atoms with Crippen molar-refractivity contribution >= 4 is 33.3 Å². The largest absolute Gasteiger partial charge is 0.371 e. The van der Waals surface area contributed by atoms with Gasteiger partial charge in [-0.3, -0.25) is 0 Å². The van der Waals surface area contributed by atoms with Crippen LogP contribution in [0.25, 0.3) is 0 Å². The van der Waals surface area contributed by atoms with Crippen LogP contribution in [0.2, 0.25) is 0 Å². The van der Waals surface area contributed by atoms with Gasteiger partial charge >= 0.3 is 0 Å². The van der Waals surface area contributed by atoms with E-state index in [4.69, 9.17) is 0 Å². The Balaban J connectivity index is 2.41. The van der Waals surface area contributed by atoms with E-state index >= 15 is 0 Å². The van der Waals surface area contributed by atoms with Crippen molar-refractivity contribution in [2.75, 3.05) is 17.7 Å². The Hall–Kier alpha value is -1.69. The van der Waals surface area contributed by atoms with Gasteiger partial charge in [0.2, 0.25) is 0 Å². The predicted molar refractivity (Wildman–Crippen MR) is 75.9 cm³/mol. The first-order chi connectivity index (χ1) is 9.02. The lowest BCUT2D eigenvalue weighted by molar-refractivity contribution is 0.580. The third-order valence-electron chi connectivity index (χ3n) is 2.61. The Morgan fingerprint density at radius 2 is 1.84 bits per heavy atom. The molecular weight excluding hydrogens is 316 g/mol. The second-order valence-corrected chi connectivity index (χ2v) is 4.75. The number of rotatable bonds is 3. The molecule has 1 heterocycles. The number of nitrogens with one attached hydrogen (secondary N) is 2. The molecular formula is C13H12BrF2N3. The third-order valence-corrected chi connectivity index (χ3v) is 3.66. The van der Waals surface area contributed by atoms with Gasteiger partial charge in [0.05, 0.1) is 5.69 Å². The van der Waals surface area contributed by atoms with Gasteiger partial charge in [0.25, 0.3) is 0 Å². The highest BCUT2D eigenvalue weighted by Gasteiger charge is 2.12. The van der Waals surface area contributed by atoms with Gasteiger partial charge in [0, 0.05) is 17.6 Å². The third kappa shape index (κ3) is 2.84. The molecule has 2 N–H and O–H groups in total. The fourth-order valence-corrected chi connectivity index (χ4v) is 1.96. The highest BCUT2D eigenvalue weighted by molar-refractivity contribution is 9.10. The molecule has 2 rings (SSSR count). The summed E-state index contributed by atoms with van der Waals surface area (Å²) in [4.78, 5) is 3.86. The molecule has 0 unspecified atom stereocenters. The summed E-state index contributed by atoms with van der Waals surface area (Å²) in [7, 11) is 1.52. The van der Waals surface area contributed by atoms with Crippen molar-refractivity contribution in [3.8, 4) is 0 Å². The van der Waals surface area contributed by atoms with Crippen molar-refractivity contribution in [2.45, 2.75) is 6.92 Å². The van der Waals surface area contributed by atoms with Gasteiger partial charge in [0.15, 0.2) is 23.3 Å². The van der Waals surface area contributed by atoms with E-state index in [1.807, 2.05) is 19.1 Å². The molecule has 0 radical (unpaired) electrons.